The molecular formula is C17H18FNO. The van der Waals surface area contributed by atoms with Crippen molar-refractivity contribution in [2.45, 2.75) is 19.8 Å². The number of fused-ring (bicyclic) bond motifs is 1. The second-order valence-corrected chi connectivity index (χ2v) is 5.24. The van der Waals surface area contributed by atoms with Gasteiger partial charge in [0.2, 0.25) is 0 Å². The van der Waals surface area contributed by atoms with Gasteiger partial charge in [-0.15, -0.1) is 0 Å². The lowest BCUT2D eigenvalue weighted by atomic mass is 10.1. The second kappa shape index (κ2) is 5.16. The van der Waals surface area contributed by atoms with E-state index in [9.17, 15) is 4.39 Å². The van der Waals surface area contributed by atoms with Crippen LogP contribution in [0.25, 0.3) is 0 Å². The summed E-state index contributed by atoms with van der Waals surface area (Å²) in [5, 5.41) is 0. The van der Waals surface area contributed by atoms with Crippen LogP contribution in [0.1, 0.15) is 17.5 Å². The highest BCUT2D eigenvalue weighted by Gasteiger charge is 2.13. The molecule has 2 aromatic rings. The fraction of sp³-hybridized carbons (Fsp3) is 0.294. The first kappa shape index (κ1) is 13.0. The van der Waals surface area contributed by atoms with Crippen molar-refractivity contribution in [1.29, 1.82) is 0 Å². The average molecular weight is 271 g/mol. The zero-order chi connectivity index (χ0) is 14.1. The lowest BCUT2D eigenvalue weighted by Gasteiger charge is -2.23. The number of aryl methyl sites for hydroxylation is 2. The molecule has 0 N–H and O–H groups in total. The van der Waals surface area contributed by atoms with Gasteiger partial charge in [0.05, 0.1) is 6.61 Å². The summed E-state index contributed by atoms with van der Waals surface area (Å²) in [6, 6.07) is 11.5. The average Bonchev–Trinajstić information content (AvgIpc) is 2.49. The molecule has 0 unspecified atom stereocenters. The zero-order valence-electron chi connectivity index (χ0n) is 11.8. The number of ether oxygens (including phenoxy) is 1. The van der Waals surface area contributed by atoms with E-state index < -0.39 is 0 Å². The van der Waals surface area contributed by atoms with E-state index in [2.05, 4.69) is 12.1 Å². The zero-order valence-corrected chi connectivity index (χ0v) is 11.8. The number of benzene rings is 2. The molecule has 2 aromatic carbocycles. The number of rotatable bonds is 2. The first-order chi connectivity index (χ1) is 9.65. The molecule has 1 aliphatic heterocycles. The van der Waals surface area contributed by atoms with E-state index in [0.29, 0.717) is 5.56 Å². The standard InChI is InChI=1S/C17H18FNO/c1-12-5-7-14(10-16(12)18)19(2)15-8-6-13-4-3-9-20-17(13)11-15/h5-8,10-11H,3-4,9H2,1-2H3. The maximum Gasteiger partial charge on any atom is 0.128 e. The van der Waals surface area contributed by atoms with E-state index in [1.54, 1.807) is 19.1 Å². The molecule has 0 spiro atoms. The quantitative estimate of drug-likeness (QED) is 0.810. The molecule has 1 heterocycles. The summed E-state index contributed by atoms with van der Waals surface area (Å²) in [4.78, 5) is 1.97. The van der Waals surface area contributed by atoms with E-state index in [1.807, 2.05) is 24.1 Å². The molecule has 3 heteroatoms. The summed E-state index contributed by atoms with van der Waals surface area (Å²) >= 11 is 0. The minimum atomic E-state index is -0.177. The van der Waals surface area contributed by atoms with Crippen molar-refractivity contribution in [2.24, 2.45) is 0 Å². The molecule has 1 aliphatic rings. The van der Waals surface area contributed by atoms with Crippen LogP contribution in [0.4, 0.5) is 15.8 Å². The van der Waals surface area contributed by atoms with Crippen LogP contribution in [0, 0.1) is 12.7 Å². The van der Waals surface area contributed by atoms with Gasteiger partial charge in [-0.25, -0.2) is 4.39 Å². The lowest BCUT2D eigenvalue weighted by molar-refractivity contribution is 0.288. The minimum Gasteiger partial charge on any atom is -0.493 e. The number of hydrogen-bond acceptors (Lipinski definition) is 2. The second-order valence-electron chi connectivity index (χ2n) is 5.24. The maximum absolute atomic E-state index is 13.7. The first-order valence-electron chi connectivity index (χ1n) is 6.91. The van der Waals surface area contributed by atoms with Gasteiger partial charge in [-0.1, -0.05) is 12.1 Å². The third kappa shape index (κ3) is 2.36. The molecule has 0 fully saturated rings. The summed E-state index contributed by atoms with van der Waals surface area (Å²) in [6.07, 6.45) is 2.14. The van der Waals surface area contributed by atoms with Gasteiger partial charge in [-0.3, -0.25) is 0 Å². The third-order valence-corrected chi connectivity index (χ3v) is 3.83. The van der Waals surface area contributed by atoms with Crippen LogP contribution in [0.15, 0.2) is 36.4 Å². The topological polar surface area (TPSA) is 12.5 Å². The molecule has 0 aliphatic carbocycles. The van der Waals surface area contributed by atoms with Gasteiger partial charge in [0, 0.05) is 24.5 Å². The lowest BCUT2D eigenvalue weighted by Crippen LogP contribution is -2.12. The highest BCUT2D eigenvalue weighted by atomic mass is 19.1. The molecule has 0 saturated heterocycles. The van der Waals surface area contributed by atoms with Crippen molar-refractivity contribution in [3.63, 3.8) is 0 Å². The third-order valence-electron chi connectivity index (χ3n) is 3.83. The predicted molar refractivity (Wildman–Crippen MR) is 79.5 cm³/mol. The Kier molecular flexibility index (Phi) is 3.35. The van der Waals surface area contributed by atoms with Crippen LogP contribution >= 0.6 is 0 Å². The molecule has 3 rings (SSSR count). The Morgan fingerprint density at radius 3 is 2.65 bits per heavy atom. The fourth-order valence-corrected chi connectivity index (χ4v) is 2.48. The monoisotopic (exact) mass is 271 g/mol. The summed E-state index contributed by atoms with van der Waals surface area (Å²) in [5.74, 6) is 0.775. The minimum absolute atomic E-state index is 0.177. The van der Waals surface area contributed by atoms with Crippen LogP contribution in [0.3, 0.4) is 0 Å². The fourth-order valence-electron chi connectivity index (χ4n) is 2.48. The van der Waals surface area contributed by atoms with E-state index in [4.69, 9.17) is 4.74 Å². The number of nitrogens with zero attached hydrogens (tertiary/aromatic N) is 1. The Morgan fingerprint density at radius 2 is 1.85 bits per heavy atom. The van der Waals surface area contributed by atoms with Crippen LogP contribution in [-0.4, -0.2) is 13.7 Å². The van der Waals surface area contributed by atoms with Crippen molar-refractivity contribution in [3.8, 4) is 5.75 Å². The van der Waals surface area contributed by atoms with Crippen LogP contribution in [0.2, 0.25) is 0 Å². The molecular weight excluding hydrogens is 253 g/mol. The summed E-state index contributed by atoms with van der Waals surface area (Å²) < 4.78 is 19.4. The number of hydrogen-bond donors (Lipinski definition) is 0. The summed E-state index contributed by atoms with van der Waals surface area (Å²) in [5.41, 5.74) is 3.76. The molecule has 104 valence electrons. The van der Waals surface area contributed by atoms with Gasteiger partial charge in [-0.05, 0) is 49.1 Å². The van der Waals surface area contributed by atoms with Crippen LogP contribution in [-0.2, 0) is 6.42 Å². The van der Waals surface area contributed by atoms with Gasteiger partial charge >= 0.3 is 0 Å². The predicted octanol–water partition coefficient (Wildman–Crippen LogP) is 4.23. The van der Waals surface area contributed by atoms with Crippen molar-refractivity contribution in [3.05, 3.63) is 53.3 Å². The Balaban J connectivity index is 1.93. The van der Waals surface area contributed by atoms with E-state index >= 15 is 0 Å². The molecule has 2 nitrogen and oxygen atoms in total. The van der Waals surface area contributed by atoms with E-state index in [1.165, 1.54) is 5.56 Å². The largest absolute Gasteiger partial charge is 0.493 e. The van der Waals surface area contributed by atoms with Crippen LogP contribution in [0.5, 0.6) is 5.75 Å². The normalized spacial score (nSPS) is 13.6. The molecule has 20 heavy (non-hydrogen) atoms. The van der Waals surface area contributed by atoms with Gasteiger partial charge in [0.25, 0.3) is 0 Å². The van der Waals surface area contributed by atoms with E-state index in [-0.39, 0.29) is 5.82 Å². The number of anilines is 2. The summed E-state index contributed by atoms with van der Waals surface area (Å²) in [6.45, 7) is 2.55. The van der Waals surface area contributed by atoms with E-state index in [0.717, 1.165) is 36.6 Å². The smallest absolute Gasteiger partial charge is 0.128 e. The van der Waals surface area contributed by atoms with Crippen molar-refractivity contribution in [2.75, 3.05) is 18.6 Å². The molecule has 0 saturated carbocycles. The molecule has 0 aromatic heterocycles. The molecule has 0 amide bonds. The first-order valence-corrected chi connectivity index (χ1v) is 6.91. The Labute approximate surface area is 118 Å². The SMILES string of the molecule is Cc1ccc(N(C)c2ccc3c(c2)OCCC3)cc1F. The van der Waals surface area contributed by atoms with Gasteiger partial charge in [0.15, 0.2) is 0 Å². The van der Waals surface area contributed by atoms with Gasteiger partial charge in [0.1, 0.15) is 11.6 Å². The van der Waals surface area contributed by atoms with Crippen LogP contribution < -0.4 is 9.64 Å². The van der Waals surface area contributed by atoms with Gasteiger partial charge < -0.3 is 9.64 Å². The van der Waals surface area contributed by atoms with Crippen molar-refractivity contribution < 1.29 is 9.13 Å². The molecule has 0 bridgehead atoms. The Morgan fingerprint density at radius 1 is 1.10 bits per heavy atom. The highest BCUT2D eigenvalue weighted by molar-refractivity contribution is 5.65. The Bertz CT molecular complexity index is 639. The summed E-state index contributed by atoms with van der Waals surface area (Å²) in [7, 11) is 1.94. The molecule has 0 atom stereocenters. The Hall–Kier alpha value is -2.03. The highest BCUT2D eigenvalue weighted by Crippen LogP contribution is 2.32. The van der Waals surface area contributed by atoms with Crippen molar-refractivity contribution in [1.82, 2.24) is 0 Å². The maximum atomic E-state index is 13.7. The number of halogens is 1. The molecule has 0 radical (unpaired) electrons. The van der Waals surface area contributed by atoms with Crippen molar-refractivity contribution >= 4 is 11.4 Å². The van der Waals surface area contributed by atoms with Gasteiger partial charge in [-0.2, -0.15) is 0 Å².